The first kappa shape index (κ1) is 20.0. The molecule has 1 fully saturated rings. The summed E-state index contributed by atoms with van der Waals surface area (Å²) in [4.78, 5) is 26.6. The van der Waals surface area contributed by atoms with E-state index >= 15 is 0 Å². The lowest BCUT2D eigenvalue weighted by atomic mass is 10.1. The Kier molecular flexibility index (Phi) is 7.26. The van der Waals surface area contributed by atoms with E-state index in [0.717, 1.165) is 5.56 Å². The van der Waals surface area contributed by atoms with Crippen molar-refractivity contribution in [1.82, 2.24) is 15.5 Å². The molecule has 2 N–H and O–H groups in total. The van der Waals surface area contributed by atoms with E-state index in [4.69, 9.17) is 9.47 Å². The molecular formula is C19H29N3O4. The maximum atomic E-state index is 12.3. The molecule has 144 valence electrons. The standard InChI is InChI=1S/C19H29N3O4/c1-13(2)11-21-18(23)10-16-19(24)20-7-8-22(16)12-14-5-6-15(25-3)9-17(14)26-4/h5-6,9,13,16H,7-8,10-12H2,1-4H3,(H,20,24)(H,21,23)/t16-/m1/s1. The lowest BCUT2D eigenvalue weighted by Gasteiger charge is -2.35. The van der Waals surface area contributed by atoms with Gasteiger partial charge in [-0.2, -0.15) is 0 Å². The van der Waals surface area contributed by atoms with Crippen LogP contribution in [0.5, 0.6) is 11.5 Å². The van der Waals surface area contributed by atoms with Crippen molar-refractivity contribution in [3.8, 4) is 11.5 Å². The van der Waals surface area contributed by atoms with E-state index in [2.05, 4.69) is 10.6 Å². The van der Waals surface area contributed by atoms with Crippen molar-refractivity contribution in [3.63, 3.8) is 0 Å². The molecule has 1 aliphatic rings. The fourth-order valence-electron chi connectivity index (χ4n) is 2.94. The summed E-state index contributed by atoms with van der Waals surface area (Å²) in [5.74, 6) is 1.58. The zero-order chi connectivity index (χ0) is 19.1. The molecular weight excluding hydrogens is 334 g/mol. The summed E-state index contributed by atoms with van der Waals surface area (Å²) in [6, 6.07) is 5.14. The van der Waals surface area contributed by atoms with Crippen LogP contribution in [0.4, 0.5) is 0 Å². The second-order valence-electron chi connectivity index (χ2n) is 6.86. The normalized spacial score (nSPS) is 17.7. The number of carbonyl (C=O) groups is 2. The van der Waals surface area contributed by atoms with E-state index in [1.165, 1.54) is 0 Å². The second kappa shape index (κ2) is 9.43. The highest BCUT2D eigenvalue weighted by molar-refractivity contribution is 5.88. The van der Waals surface area contributed by atoms with Crippen LogP contribution in [0.3, 0.4) is 0 Å². The van der Waals surface area contributed by atoms with Gasteiger partial charge in [0.2, 0.25) is 11.8 Å². The van der Waals surface area contributed by atoms with Crippen molar-refractivity contribution in [2.24, 2.45) is 5.92 Å². The Morgan fingerprint density at radius 2 is 2.12 bits per heavy atom. The number of hydrogen-bond donors (Lipinski definition) is 2. The summed E-state index contributed by atoms with van der Waals surface area (Å²) >= 11 is 0. The summed E-state index contributed by atoms with van der Waals surface area (Å²) in [6.45, 7) is 6.47. The Morgan fingerprint density at radius 1 is 1.35 bits per heavy atom. The smallest absolute Gasteiger partial charge is 0.237 e. The van der Waals surface area contributed by atoms with Gasteiger partial charge in [-0.3, -0.25) is 14.5 Å². The highest BCUT2D eigenvalue weighted by atomic mass is 16.5. The number of nitrogens with zero attached hydrogens (tertiary/aromatic N) is 1. The van der Waals surface area contributed by atoms with E-state index in [1.807, 2.05) is 36.9 Å². The Morgan fingerprint density at radius 3 is 2.77 bits per heavy atom. The van der Waals surface area contributed by atoms with Crippen molar-refractivity contribution >= 4 is 11.8 Å². The highest BCUT2D eigenvalue weighted by Gasteiger charge is 2.32. The molecule has 1 atom stereocenters. The van der Waals surface area contributed by atoms with Crippen molar-refractivity contribution in [2.75, 3.05) is 33.9 Å². The molecule has 0 aliphatic carbocycles. The zero-order valence-corrected chi connectivity index (χ0v) is 16.0. The summed E-state index contributed by atoms with van der Waals surface area (Å²) in [5.41, 5.74) is 0.954. The van der Waals surface area contributed by atoms with Crippen LogP contribution >= 0.6 is 0 Å². The summed E-state index contributed by atoms with van der Waals surface area (Å²) in [7, 11) is 3.22. The third-order valence-electron chi connectivity index (χ3n) is 4.40. The lowest BCUT2D eigenvalue weighted by molar-refractivity contribution is -0.134. The molecule has 1 aromatic carbocycles. The number of piperazine rings is 1. The average Bonchev–Trinajstić information content (AvgIpc) is 2.63. The first-order valence-corrected chi connectivity index (χ1v) is 8.94. The van der Waals surface area contributed by atoms with Crippen molar-refractivity contribution in [3.05, 3.63) is 23.8 Å². The number of methoxy groups -OCH3 is 2. The fraction of sp³-hybridized carbons (Fsp3) is 0.579. The zero-order valence-electron chi connectivity index (χ0n) is 16.0. The van der Waals surface area contributed by atoms with Gasteiger partial charge in [-0.05, 0) is 12.0 Å². The van der Waals surface area contributed by atoms with Gasteiger partial charge < -0.3 is 20.1 Å². The lowest BCUT2D eigenvalue weighted by Crippen LogP contribution is -2.56. The monoisotopic (exact) mass is 363 g/mol. The number of nitrogens with one attached hydrogen (secondary N) is 2. The van der Waals surface area contributed by atoms with E-state index in [9.17, 15) is 9.59 Å². The third-order valence-corrected chi connectivity index (χ3v) is 4.40. The summed E-state index contributed by atoms with van der Waals surface area (Å²) in [5, 5.41) is 5.74. The minimum absolute atomic E-state index is 0.104. The Balaban J connectivity index is 2.10. The quantitative estimate of drug-likeness (QED) is 0.725. The van der Waals surface area contributed by atoms with Gasteiger partial charge in [0.15, 0.2) is 0 Å². The van der Waals surface area contributed by atoms with Crippen LogP contribution in [0.15, 0.2) is 18.2 Å². The number of carbonyl (C=O) groups excluding carboxylic acids is 2. The van der Waals surface area contributed by atoms with E-state index in [-0.39, 0.29) is 18.2 Å². The van der Waals surface area contributed by atoms with Crippen LogP contribution in [-0.4, -0.2) is 56.6 Å². The molecule has 2 amide bonds. The van der Waals surface area contributed by atoms with Gasteiger partial charge in [-0.15, -0.1) is 0 Å². The number of ether oxygens (including phenoxy) is 2. The Hall–Kier alpha value is -2.28. The Labute approximate surface area is 155 Å². The van der Waals surface area contributed by atoms with E-state index in [1.54, 1.807) is 14.2 Å². The van der Waals surface area contributed by atoms with Crippen molar-refractivity contribution < 1.29 is 19.1 Å². The molecule has 7 nitrogen and oxygen atoms in total. The van der Waals surface area contributed by atoms with Gasteiger partial charge in [-0.25, -0.2) is 0 Å². The predicted octanol–water partition coefficient (Wildman–Crippen LogP) is 1.17. The molecule has 0 saturated carbocycles. The molecule has 1 aliphatic heterocycles. The molecule has 1 aromatic rings. The fourth-order valence-corrected chi connectivity index (χ4v) is 2.94. The molecule has 1 saturated heterocycles. The average molecular weight is 363 g/mol. The molecule has 7 heteroatoms. The van der Waals surface area contributed by atoms with E-state index < -0.39 is 6.04 Å². The number of rotatable bonds is 8. The molecule has 0 bridgehead atoms. The summed E-state index contributed by atoms with van der Waals surface area (Å²) in [6.07, 6.45) is 0.150. The SMILES string of the molecule is COc1ccc(CN2CCNC(=O)[C@H]2CC(=O)NCC(C)C)c(OC)c1. The third kappa shape index (κ3) is 5.36. The summed E-state index contributed by atoms with van der Waals surface area (Å²) < 4.78 is 10.7. The molecule has 0 unspecified atom stereocenters. The van der Waals surface area contributed by atoms with Crippen molar-refractivity contribution in [2.45, 2.75) is 32.9 Å². The highest BCUT2D eigenvalue weighted by Crippen LogP contribution is 2.27. The van der Waals surface area contributed by atoms with Gasteiger partial charge in [0.1, 0.15) is 11.5 Å². The number of hydrogen-bond acceptors (Lipinski definition) is 5. The van der Waals surface area contributed by atoms with Crippen LogP contribution < -0.4 is 20.1 Å². The maximum Gasteiger partial charge on any atom is 0.237 e. The Bertz CT molecular complexity index is 633. The van der Waals surface area contributed by atoms with Gasteiger partial charge in [0, 0.05) is 37.8 Å². The van der Waals surface area contributed by atoms with Gasteiger partial charge in [0.25, 0.3) is 0 Å². The molecule has 0 spiro atoms. The second-order valence-corrected chi connectivity index (χ2v) is 6.86. The minimum atomic E-state index is -0.484. The predicted molar refractivity (Wildman–Crippen MR) is 99.2 cm³/mol. The largest absolute Gasteiger partial charge is 0.497 e. The minimum Gasteiger partial charge on any atom is -0.497 e. The molecule has 1 heterocycles. The van der Waals surface area contributed by atoms with E-state index in [0.29, 0.717) is 43.6 Å². The van der Waals surface area contributed by atoms with Crippen LogP contribution in [0.2, 0.25) is 0 Å². The number of amides is 2. The molecule has 26 heavy (non-hydrogen) atoms. The van der Waals surface area contributed by atoms with Crippen molar-refractivity contribution in [1.29, 1.82) is 0 Å². The van der Waals surface area contributed by atoms with Crippen LogP contribution in [0, 0.1) is 5.92 Å². The molecule has 2 rings (SSSR count). The first-order valence-electron chi connectivity index (χ1n) is 8.94. The molecule has 0 radical (unpaired) electrons. The van der Waals surface area contributed by atoms with Crippen LogP contribution in [0.1, 0.15) is 25.8 Å². The van der Waals surface area contributed by atoms with Crippen LogP contribution in [0.25, 0.3) is 0 Å². The van der Waals surface area contributed by atoms with Crippen LogP contribution in [-0.2, 0) is 16.1 Å². The number of benzene rings is 1. The van der Waals surface area contributed by atoms with Gasteiger partial charge in [0.05, 0.1) is 26.7 Å². The topological polar surface area (TPSA) is 79.9 Å². The van der Waals surface area contributed by atoms with Gasteiger partial charge >= 0.3 is 0 Å². The first-order chi connectivity index (χ1) is 12.4. The molecule has 0 aromatic heterocycles. The maximum absolute atomic E-state index is 12.3. The van der Waals surface area contributed by atoms with Gasteiger partial charge in [-0.1, -0.05) is 19.9 Å².